The number of carbonyl (C=O) groups excluding carboxylic acids is 1. The van der Waals surface area contributed by atoms with Gasteiger partial charge >= 0.3 is 0 Å². The molecule has 0 aliphatic carbocycles. The Labute approximate surface area is 107 Å². The lowest BCUT2D eigenvalue weighted by Crippen LogP contribution is -2.53. The molecule has 1 aromatic rings. The molecular formula is C14H16N2O2. The maximum absolute atomic E-state index is 12.1. The summed E-state index contributed by atoms with van der Waals surface area (Å²) in [6.45, 7) is 1.06. The summed E-state index contributed by atoms with van der Waals surface area (Å²) < 4.78 is 4.99. The zero-order valence-electron chi connectivity index (χ0n) is 10.4. The number of nitriles is 1. The number of likely N-dealkylation sites (N-methyl/N-ethyl adjacent to an activating group) is 1. The van der Waals surface area contributed by atoms with E-state index in [0.717, 1.165) is 6.42 Å². The molecule has 18 heavy (non-hydrogen) atoms. The summed E-state index contributed by atoms with van der Waals surface area (Å²) in [5, 5.41) is 9.06. The van der Waals surface area contributed by atoms with E-state index < -0.39 is 5.41 Å². The molecule has 1 aliphatic heterocycles. The van der Waals surface area contributed by atoms with Gasteiger partial charge in [-0.3, -0.25) is 4.79 Å². The van der Waals surface area contributed by atoms with Gasteiger partial charge in [0.1, 0.15) is 0 Å². The maximum Gasteiger partial charge on any atom is 0.247 e. The molecule has 94 valence electrons. The van der Waals surface area contributed by atoms with Crippen LogP contribution < -0.4 is 0 Å². The van der Waals surface area contributed by atoms with Gasteiger partial charge in [0.2, 0.25) is 5.91 Å². The number of amides is 1. The first-order valence-electron chi connectivity index (χ1n) is 5.96. The largest absolute Gasteiger partial charge is 0.377 e. The van der Waals surface area contributed by atoms with Gasteiger partial charge in [0.05, 0.1) is 19.3 Å². The van der Waals surface area contributed by atoms with Crippen molar-refractivity contribution in [2.24, 2.45) is 5.41 Å². The standard InChI is InChI=1S/C14H16N2O2/c1-16(8-7-12-5-3-2-4-6-12)13(17)14(9-15)10-18-11-14/h2-6H,7-8,10-11H2,1H3. The molecular weight excluding hydrogens is 228 g/mol. The minimum absolute atomic E-state index is 0.132. The van der Waals surface area contributed by atoms with Gasteiger partial charge in [-0.15, -0.1) is 0 Å². The number of ether oxygens (including phenoxy) is 1. The zero-order valence-corrected chi connectivity index (χ0v) is 10.4. The van der Waals surface area contributed by atoms with E-state index >= 15 is 0 Å². The van der Waals surface area contributed by atoms with Crippen LogP contribution in [0, 0.1) is 16.7 Å². The highest BCUT2D eigenvalue weighted by atomic mass is 16.5. The van der Waals surface area contributed by atoms with Crippen molar-refractivity contribution in [1.82, 2.24) is 4.90 Å². The number of nitrogens with zero attached hydrogens (tertiary/aromatic N) is 2. The van der Waals surface area contributed by atoms with Crippen molar-refractivity contribution in [3.8, 4) is 6.07 Å². The van der Waals surface area contributed by atoms with Gasteiger partial charge in [0.15, 0.2) is 5.41 Å². The Morgan fingerprint density at radius 3 is 2.61 bits per heavy atom. The van der Waals surface area contributed by atoms with E-state index in [0.29, 0.717) is 6.54 Å². The number of hydrogen-bond donors (Lipinski definition) is 0. The molecule has 1 heterocycles. The molecule has 2 rings (SSSR count). The van der Waals surface area contributed by atoms with Crippen LogP contribution >= 0.6 is 0 Å². The molecule has 1 fully saturated rings. The van der Waals surface area contributed by atoms with Crippen LogP contribution in [0.2, 0.25) is 0 Å². The average Bonchev–Trinajstić information content (AvgIpc) is 2.36. The molecule has 0 unspecified atom stereocenters. The van der Waals surface area contributed by atoms with E-state index in [-0.39, 0.29) is 19.1 Å². The Morgan fingerprint density at radius 2 is 2.11 bits per heavy atom. The lowest BCUT2D eigenvalue weighted by molar-refractivity contribution is -0.159. The highest BCUT2D eigenvalue weighted by molar-refractivity contribution is 5.86. The van der Waals surface area contributed by atoms with Gasteiger partial charge in [-0.05, 0) is 12.0 Å². The first kappa shape index (κ1) is 12.6. The van der Waals surface area contributed by atoms with E-state index in [1.54, 1.807) is 11.9 Å². The van der Waals surface area contributed by atoms with E-state index in [1.165, 1.54) is 5.56 Å². The second kappa shape index (κ2) is 5.19. The number of benzene rings is 1. The molecule has 1 saturated heterocycles. The summed E-state index contributed by atoms with van der Waals surface area (Å²) in [7, 11) is 1.74. The maximum atomic E-state index is 12.1. The predicted octanol–water partition coefficient (Wildman–Crippen LogP) is 1.23. The molecule has 0 aromatic heterocycles. The summed E-state index contributed by atoms with van der Waals surface area (Å²) in [5.41, 5.74) is 0.249. The molecule has 0 saturated carbocycles. The minimum atomic E-state index is -0.939. The highest BCUT2D eigenvalue weighted by Gasteiger charge is 2.47. The fraction of sp³-hybridized carbons (Fsp3) is 0.429. The van der Waals surface area contributed by atoms with E-state index in [1.807, 2.05) is 30.3 Å². The van der Waals surface area contributed by atoms with Gasteiger partial charge in [-0.2, -0.15) is 5.26 Å². The van der Waals surface area contributed by atoms with Crippen LogP contribution in [0.15, 0.2) is 30.3 Å². The van der Waals surface area contributed by atoms with Crippen molar-refractivity contribution >= 4 is 5.91 Å². The van der Waals surface area contributed by atoms with Crippen LogP contribution in [0.25, 0.3) is 0 Å². The third-order valence-corrected chi connectivity index (χ3v) is 3.25. The van der Waals surface area contributed by atoms with Crippen molar-refractivity contribution < 1.29 is 9.53 Å². The molecule has 1 aliphatic rings. The van der Waals surface area contributed by atoms with Crippen LogP contribution in [0.5, 0.6) is 0 Å². The topological polar surface area (TPSA) is 53.3 Å². The molecule has 1 aromatic carbocycles. The second-order valence-electron chi connectivity index (χ2n) is 4.65. The summed E-state index contributed by atoms with van der Waals surface area (Å²) in [4.78, 5) is 13.7. The molecule has 0 spiro atoms. The van der Waals surface area contributed by atoms with Crippen LogP contribution in [0.4, 0.5) is 0 Å². The first-order valence-corrected chi connectivity index (χ1v) is 5.96. The Morgan fingerprint density at radius 1 is 1.44 bits per heavy atom. The zero-order chi connectivity index (χ0) is 13.0. The number of rotatable bonds is 4. The van der Waals surface area contributed by atoms with Crippen LogP contribution in [-0.2, 0) is 16.0 Å². The number of hydrogen-bond acceptors (Lipinski definition) is 3. The molecule has 1 amide bonds. The first-order chi connectivity index (χ1) is 8.68. The van der Waals surface area contributed by atoms with Crippen molar-refractivity contribution in [2.75, 3.05) is 26.8 Å². The Kier molecular flexibility index (Phi) is 3.63. The summed E-state index contributed by atoms with van der Waals surface area (Å²) in [6.07, 6.45) is 0.797. The Bertz CT molecular complexity index is 460. The highest BCUT2D eigenvalue weighted by Crippen LogP contribution is 2.28. The second-order valence-corrected chi connectivity index (χ2v) is 4.65. The van der Waals surface area contributed by atoms with Crippen LogP contribution in [0.3, 0.4) is 0 Å². The van der Waals surface area contributed by atoms with Gasteiger partial charge in [-0.25, -0.2) is 0 Å². The Hall–Kier alpha value is -1.86. The van der Waals surface area contributed by atoms with Gasteiger partial charge in [-0.1, -0.05) is 30.3 Å². The molecule has 0 bridgehead atoms. The fourth-order valence-electron chi connectivity index (χ4n) is 1.95. The molecule has 0 N–H and O–H groups in total. The predicted molar refractivity (Wildman–Crippen MR) is 66.6 cm³/mol. The van der Waals surface area contributed by atoms with Gasteiger partial charge < -0.3 is 9.64 Å². The molecule has 4 nitrogen and oxygen atoms in total. The fourth-order valence-corrected chi connectivity index (χ4v) is 1.95. The van der Waals surface area contributed by atoms with E-state index in [9.17, 15) is 4.79 Å². The summed E-state index contributed by atoms with van der Waals surface area (Å²) >= 11 is 0. The van der Waals surface area contributed by atoms with Crippen molar-refractivity contribution in [3.05, 3.63) is 35.9 Å². The quantitative estimate of drug-likeness (QED) is 0.800. The van der Waals surface area contributed by atoms with Crippen LogP contribution in [-0.4, -0.2) is 37.6 Å². The smallest absolute Gasteiger partial charge is 0.247 e. The average molecular weight is 244 g/mol. The normalized spacial score (nSPS) is 16.4. The van der Waals surface area contributed by atoms with Crippen LogP contribution in [0.1, 0.15) is 5.56 Å². The number of carbonyl (C=O) groups is 1. The summed E-state index contributed by atoms with van der Waals surface area (Å²) in [5.74, 6) is -0.132. The third kappa shape index (κ3) is 2.36. The Balaban J connectivity index is 1.91. The van der Waals surface area contributed by atoms with E-state index in [4.69, 9.17) is 10.00 Å². The molecule has 4 heteroatoms. The minimum Gasteiger partial charge on any atom is -0.377 e. The van der Waals surface area contributed by atoms with Crippen molar-refractivity contribution in [1.29, 1.82) is 5.26 Å². The van der Waals surface area contributed by atoms with Gasteiger partial charge in [0, 0.05) is 13.6 Å². The molecule has 0 atom stereocenters. The lowest BCUT2D eigenvalue weighted by atomic mass is 9.86. The SMILES string of the molecule is CN(CCc1ccccc1)C(=O)C1(C#N)COC1. The van der Waals surface area contributed by atoms with Gasteiger partial charge in [0.25, 0.3) is 0 Å². The van der Waals surface area contributed by atoms with Crippen molar-refractivity contribution in [2.45, 2.75) is 6.42 Å². The van der Waals surface area contributed by atoms with E-state index in [2.05, 4.69) is 6.07 Å². The monoisotopic (exact) mass is 244 g/mol. The molecule has 0 radical (unpaired) electrons. The summed E-state index contributed by atoms with van der Waals surface area (Å²) in [6, 6.07) is 12.1. The van der Waals surface area contributed by atoms with Crippen molar-refractivity contribution in [3.63, 3.8) is 0 Å². The lowest BCUT2D eigenvalue weighted by Gasteiger charge is -2.36. The third-order valence-electron chi connectivity index (χ3n) is 3.25.